The van der Waals surface area contributed by atoms with Crippen molar-refractivity contribution in [1.82, 2.24) is 9.47 Å². The maximum absolute atomic E-state index is 13.1. The molecular weight excluding hydrogens is 548 g/mol. The number of thiazole rings is 1. The molecule has 5 rings (SSSR count). The van der Waals surface area contributed by atoms with E-state index in [-0.39, 0.29) is 26.4 Å². The topological polar surface area (TPSA) is 101 Å². The number of nitrogens with zero attached hydrogens (tertiary/aromatic N) is 3. The Kier molecular flexibility index (Phi) is 7.08. The number of aromatic nitrogens is 1. The lowest BCUT2D eigenvalue weighted by Gasteiger charge is -2.36. The van der Waals surface area contributed by atoms with Gasteiger partial charge in [-0.15, -0.1) is 0 Å². The number of aryl methyl sites for hydroxylation is 1. The van der Waals surface area contributed by atoms with Gasteiger partial charge in [-0.2, -0.15) is 0 Å². The van der Waals surface area contributed by atoms with Crippen molar-refractivity contribution >= 4 is 60.5 Å². The summed E-state index contributed by atoms with van der Waals surface area (Å²) in [4.78, 5) is 29.0. The summed E-state index contributed by atoms with van der Waals surface area (Å²) < 4.78 is 36.0. The van der Waals surface area contributed by atoms with Crippen LogP contribution in [0.25, 0.3) is 10.2 Å². The zero-order valence-electron chi connectivity index (χ0n) is 20.7. The largest absolute Gasteiger partial charge is 0.495 e. The number of nitrogens with one attached hydrogen (secondary N) is 1. The number of halogens is 1. The lowest BCUT2D eigenvalue weighted by molar-refractivity contribution is 0.0747. The highest BCUT2D eigenvalue weighted by Crippen LogP contribution is 2.29. The molecule has 0 aliphatic carbocycles. The summed E-state index contributed by atoms with van der Waals surface area (Å²) in [7, 11) is -0.808. The Hall–Kier alpha value is -3.54. The third-order valence-electron chi connectivity index (χ3n) is 6.51. The molecule has 1 N–H and O–H groups in total. The minimum absolute atomic E-state index is 0.00979. The predicted octanol–water partition coefficient (Wildman–Crippen LogP) is 4.03. The number of hydrogen-bond donors (Lipinski definition) is 1. The van der Waals surface area contributed by atoms with Crippen LogP contribution in [0.15, 0.2) is 70.4 Å². The van der Waals surface area contributed by atoms with Gasteiger partial charge < -0.3 is 19.1 Å². The second-order valence-electron chi connectivity index (χ2n) is 8.84. The Bertz CT molecular complexity index is 1670. The summed E-state index contributed by atoms with van der Waals surface area (Å²) in [6, 6.07) is 16.7. The summed E-state index contributed by atoms with van der Waals surface area (Å²) in [5, 5.41) is 0.269. The average molecular weight is 573 g/mol. The Labute approximate surface area is 228 Å². The summed E-state index contributed by atoms with van der Waals surface area (Å²) >= 11 is 7.21. The number of fused-ring (bicyclic) bond motifs is 1. The minimum atomic E-state index is -3.96. The van der Waals surface area contributed by atoms with Crippen LogP contribution >= 0.6 is 22.9 Å². The third-order valence-corrected chi connectivity index (χ3v) is 9.14. The number of methoxy groups -OCH3 is 1. The summed E-state index contributed by atoms with van der Waals surface area (Å²) in [6.07, 6.45) is 0. The highest BCUT2D eigenvalue weighted by atomic mass is 35.5. The molecule has 38 heavy (non-hydrogen) atoms. The van der Waals surface area contributed by atoms with Crippen molar-refractivity contribution in [2.24, 2.45) is 7.05 Å². The molecule has 0 spiro atoms. The van der Waals surface area contributed by atoms with Crippen LogP contribution in [0.1, 0.15) is 10.4 Å². The number of benzene rings is 3. The highest BCUT2D eigenvalue weighted by molar-refractivity contribution is 7.92. The number of hydrogen-bond acceptors (Lipinski definition) is 7. The van der Waals surface area contributed by atoms with Gasteiger partial charge in [0.25, 0.3) is 15.9 Å². The monoisotopic (exact) mass is 572 g/mol. The third kappa shape index (κ3) is 5.09. The number of ether oxygens (including phenoxy) is 1. The van der Waals surface area contributed by atoms with Crippen LogP contribution in [0.2, 0.25) is 5.02 Å². The van der Waals surface area contributed by atoms with Gasteiger partial charge >= 0.3 is 4.87 Å². The van der Waals surface area contributed by atoms with Gasteiger partial charge in [0.1, 0.15) is 10.6 Å². The summed E-state index contributed by atoms with van der Waals surface area (Å²) in [5.41, 5.74) is 2.72. The molecule has 0 bridgehead atoms. The van der Waals surface area contributed by atoms with Crippen LogP contribution in [0.4, 0.5) is 11.4 Å². The quantitative estimate of drug-likeness (QED) is 0.374. The lowest BCUT2D eigenvalue weighted by atomic mass is 10.1. The zero-order chi connectivity index (χ0) is 27.0. The molecule has 1 aliphatic rings. The van der Waals surface area contributed by atoms with Crippen LogP contribution in [0.3, 0.4) is 0 Å². The normalized spacial score (nSPS) is 14.1. The van der Waals surface area contributed by atoms with Crippen LogP contribution in [0.5, 0.6) is 5.75 Å². The van der Waals surface area contributed by atoms with Gasteiger partial charge in [0.2, 0.25) is 0 Å². The molecule has 0 radical (unpaired) electrons. The van der Waals surface area contributed by atoms with Crippen molar-refractivity contribution < 1.29 is 17.9 Å². The molecule has 0 saturated carbocycles. The van der Waals surface area contributed by atoms with Crippen molar-refractivity contribution in [3.8, 4) is 5.75 Å². The Morgan fingerprint density at radius 1 is 1.00 bits per heavy atom. The van der Waals surface area contributed by atoms with Crippen LogP contribution < -0.4 is 19.2 Å². The molecule has 3 aromatic carbocycles. The van der Waals surface area contributed by atoms with Crippen molar-refractivity contribution in [2.75, 3.05) is 42.9 Å². The number of carbonyl (C=O) groups is 1. The maximum Gasteiger partial charge on any atom is 0.307 e. The molecule has 1 saturated heterocycles. The lowest BCUT2D eigenvalue weighted by Crippen LogP contribution is -2.48. The summed E-state index contributed by atoms with van der Waals surface area (Å²) in [5.74, 6) is 0.0552. The molecule has 0 atom stereocenters. The van der Waals surface area contributed by atoms with Gasteiger partial charge in [-0.1, -0.05) is 22.9 Å². The fourth-order valence-corrected chi connectivity index (χ4v) is 6.83. The molecule has 9 nitrogen and oxygen atoms in total. The van der Waals surface area contributed by atoms with Crippen LogP contribution in [-0.2, 0) is 17.1 Å². The van der Waals surface area contributed by atoms with Crippen molar-refractivity contribution in [2.45, 2.75) is 4.90 Å². The van der Waals surface area contributed by atoms with Gasteiger partial charge in [-0.3, -0.25) is 14.3 Å². The Balaban J connectivity index is 1.23. The number of rotatable bonds is 6. The van der Waals surface area contributed by atoms with E-state index in [0.717, 1.165) is 15.9 Å². The van der Waals surface area contributed by atoms with Crippen LogP contribution in [-0.4, -0.2) is 57.1 Å². The van der Waals surface area contributed by atoms with Gasteiger partial charge in [0, 0.05) is 55.2 Å². The number of piperazine rings is 1. The summed E-state index contributed by atoms with van der Waals surface area (Å²) in [6.45, 7) is 2.42. The molecule has 198 valence electrons. The first-order valence-electron chi connectivity index (χ1n) is 11.8. The van der Waals surface area contributed by atoms with E-state index in [9.17, 15) is 18.0 Å². The van der Waals surface area contributed by atoms with Gasteiger partial charge in [0.15, 0.2) is 0 Å². The molecule has 1 aliphatic heterocycles. The molecular formula is C26H25ClN4O5S2. The molecule has 1 amide bonds. The van der Waals surface area contributed by atoms with E-state index in [4.69, 9.17) is 16.3 Å². The number of carbonyl (C=O) groups excluding carboxylic acids is 1. The average Bonchev–Trinajstić information content (AvgIpc) is 3.21. The van der Waals surface area contributed by atoms with E-state index in [0.29, 0.717) is 37.4 Å². The first-order chi connectivity index (χ1) is 18.2. The van der Waals surface area contributed by atoms with Crippen molar-refractivity contribution in [1.29, 1.82) is 0 Å². The molecule has 0 unspecified atom stereocenters. The number of amides is 1. The first kappa shape index (κ1) is 26.1. The van der Waals surface area contributed by atoms with E-state index in [1.807, 2.05) is 18.2 Å². The molecule has 12 heteroatoms. The fraction of sp³-hybridized carbons (Fsp3) is 0.231. The maximum atomic E-state index is 13.1. The number of anilines is 2. The van der Waals surface area contributed by atoms with E-state index >= 15 is 0 Å². The molecule has 1 aromatic heterocycles. The van der Waals surface area contributed by atoms with E-state index in [1.165, 1.54) is 30.6 Å². The van der Waals surface area contributed by atoms with E-state index < -0.39 is 10.0 Å². The van der Waals surface area contributed by atoms with Gasteiger partial charge in [-0.25, -0.2) is 8.42 Å². The predicted molar refractivity (Wildman–Crippen MR) is 150 cm³/mol. The van der Waals surface area contributed by atoms with Gasteiger partial charge in [0.05, 0.1) is 17.3 Å². The Morgan fingerprint density at radius 2 is 1.71 bits per heavy atom. The zero-order valence-corrected chi connectivity index (χ0v) is 23.1. The van der Waals surface area contributed by atoms with Crippen molar-refractivity contribution in [3.63, 3.8) is 0 Å². The minimum Gasteiger partial charge on any atom is -0.495 e. The second kappa shape index (κ2) is 10.3. The molecule has 1 fully saturated rings. The fourth-order valence-electron chi connectivity index (χ4n) is 4.42. The van der Waals surface area contributed by atoms with E-state index in [2.05, 4.69) is 9.62 Å². The van der Waals surface area contributed by atoms with Gasteiger partial charge in [-0.05, 0) is 60.7 Å². The Morgan fingerprint density at radius 3 is 2.39 bits per heavy atom. The standard InChI is InChI=1S/C26H25ClN4O5S2/c1-29-21-9-8-20(16-23(21)37-26(29)33)30-11-13-31(14-12-30)25(32)17-3-6-19(7-4-17)28-38(34,35)24-15-18(27)5-10-22(24)36-2/h3-10,15-16,28H,11-14H2,1-2H3. The number of sulfonamides is 1. The van der Waals surface area contributed by atoms with E-state index in [1.54, 1.807) is 46.8 Å². The SMILES string of the molecule is COc1ccc(Cl)cc1S(=O)(=O)Nc1ccc(C(=O)N2CCN(c3ccc4c(c3)sc(=O)n4C)CC2)cc1. The van der Waals surface area contributed by atoms with Crippen molar-refractivity contribution in [3.05, 3.63) is 80.9 Å². The van der Waals surface area contributed by atoms with Crippen LogP contribution in [0, 0.1) is 0 Å². The second-order valence-corrected chi connectivity index (χ2v) is 11.9. The molecule has 2 heterocycles. The first-order valence-corrected chi connectivity index (χ1v) is 14.4. The smallest absolute Gasteiger partial charge is 0.307 e. The molecule has 4 aromatic rings. The highest BCUT2D eigenvalue weighted by Gasteiger charge is 2.24.